The molecule has 0 aromatic heterocycles. The highest BCUT2D eigenvalue weighted by atomic mass is 16.5. The Morgan fingerprint density at radius 2 is 1.57 bits per heavy atom. The highest BCUT2D eigenvalue weighted by Crippen LogP contribution is 2.77. The maximum absolute atomic E-state index is 13.8. The number of allylic oxidation sites excluding steroid dienone is 1. The maximum atomic E-state index is 13.8. The van der Waals surface area contributed by atoms with Crippen LogP contribution in [0.15, 0.2) is 11.1 Å². The van der Waals surface area contributed by atoms with Crippen LogP contribution in [0.2, 0.25) is 0 Å². The van der Waals surface area contributed by atoms with Gasteiger partial charge in [-0.25, -0.2) is 0 Å². The Bertz CT molecular complexity index is 1310. The predicted octanol–water partition coefficient (Wildman–Crippen LogP) is 7.74. The van der Waals surface area contributed by atoms with E-state index in [1.54, 1.807) is 13.8 Å². The summed E-state index contributed by atoms with van der Waals surface area (Å²) in [5.41, 5.74) is 0.677. The number of esters is 1. The lowest BCUT2D eigenvalue weighted by molar-refractivity contribution is -0.235. The summed E-state index contributed by atoms with van der Waals surface area (Å²) < 4.78 is 6.14. The molecule has 0 heterocycles. The first-order chi connectivity index (χ1) is 21.6. The first-order valence-electron chi connectivity index (χ1n) is 18.7. The molecule has 0 aliphatic heterocycles. The fourth-order valence-corrected chi connectivity index (χ4v) is 12.5. The molecule has 0 saturated heterocycles. The number of aliphatic hydroxyl groups excluding tert-OH is 1. The smallest absolute Gasteiger partial charge is 0.309 e. The average Bonchev–Trinajstić information content (AvgIpc) is 3.26. The van der Waals surface area contributed by atoms with Gasteiger partial charge in [-0.15, -0.1) is 0 Å². The van der Waals surface area contributed by atoms with Crippen molar-refractivity contribution in [3.63, 3.8) is 0 Å². The molecule has 4 fully saturated rings. The zero-order chi connectivity index (χ0) is 35.1. The number of Topliss-reactive ketones (excluding diaryl/α,β-unsaturated/α-hetero) is 1. The minimum absolute atomic E-state index is 0.0224. The van der Waals surface area contributed by atoms with Crippen LogP contribution >= 0.6 is 0 Å². The number of aliphatic hydroxyl groups is 1. The second-order valence-corrected chi connectivity index (χ2v) is 19.1. The highest BCUT2D eigenvalue weighted by molar-refractivity contribution is 6.00. The summed E-state index contributed by atoms with van der Waals surface area (Å²) in [4.78, 5) is 38.6. The van der Waals surface area contributed by atoms with Gasteiger partial charge in [0.25, 0.3) is 0 Å². The monoisotopic (exact) mass is 655 g/mol. The van der Waals surface area contributed by atoms with Crippen LogP contribution in [0.5, 0.6) is 0 Å². The van der Waals surface area contributed by atoms with E-state index in [1.807, 2.05) is 0 Å². The van der Waals surface area contributed by atoms with Crippen LogP contribution in [0.3, 0.4) is 0 Å². The molecule has 4 saturated carbocycles. The summed E-state index contributed by atoms with van der Waals surface area (Å²) in [6.07, 6.45) is 7.50. The van der Waals surface area contributed by atoms with Crippen LogP contribution in [-0.4, -0.2) is 52.7 Å². The number of ketones is 1. The Kier molecular flexibility index (Phi) is 9.30. The molecule has 0 aromatic carbocycles. The van der Waals surface area contributed by atoms with E-state index in [1.165, 1.54) is 5.57 Å². The summed E-state index contributed by atoms with van der Waals surface area (Å²) in [7, 11) is 0. The van der Waals surface area contributed by atoms with Crippen molar-refractivity contribution in [3.8, 4) is 0 Å². The molecule has 0 spiro atoms. The zero-order valence-corrected chi connectivity index (χ0v) is 31.3. The molecule has 5 rings (SSSR count). The van der Waals surface area contributed by atoms with Crippen LogP contribution in [0.25, 0.3) is 0 Å². The number of ether oxygens (including phenoxy) is 1. The van der Waals surface area contributed by atoms with Gasteiger partial charge >= 0.3 is 11.9 Å². The first kappa shape index (κ1) is 36.5. The van der Waals surface area contributed by atoms with Crippen LogP contribution in [0, 0.1) is 56.2 Å². The molecule has 0 radical (unpaired) electrons. The number of carbonyl (C=O) groups is 3. The van der Waals surface area contributed by atoms with Gasteiger partial charge in [0.1, 0.15) is 6.10 Å². The van der Waals surface area contributed by atoms with E-state index in [4.69, 9.17) is 4.74 Å². The zero-order valence-electron chi connectivity index (χ0n) is 31.3. The summed E-state index contributed by atoms with van der Waals surface area (Å²) >= 11 is 0. The normalized spacial score (nSPS) is 40.4. The lowest BCUT2D eigenvalue weighted by Gasteiger charge is -2.72. The third-order valence-corrected chi connectivity index (χ3v) is 15.2. The van der Waals surface area contributed by atoms with E-state index in [0.717, 1.165) is 56.9 Å². The average molecular weight is 656 g/mol. The Morgan fingerprint density at radius 1 is 0.915 bits per heavy atom. The number of rotatable bonds is 9. The molecular formula is C40H65NO6. The lowest BCUT2D eigenvalue weighted by Crippen LogP contribution is -2.66. The second kappa shape index (κ2) is 12.0. The Morgan fingerprint density at radius 3 is 2.17 bits per heavy atom. The van der Waals surface area contributed by atoms with Gasteiger partial charge in [-0.3, -0.25) is 14.4 Å². The predicted molar refractivity (Wildman–Crippen MR) is 184 cm³/mol. The quantitative estimate of drug-likeness (QED) is 0.218. The van der Waals surface area contributed by atoms with Gasteiger partial charge in [0.2, 0.25) is 0 Å². The van der Waals surface area contributed by atoms with Crippen LogP contribution in [0.1, 0.15) is 140 Å². The fourth-order valence-electron chi connectivity index (χ4n) is 12.5. The molecule has 0 aromatic rings. The molecular weight excluding hydrogens is 590 g/mol. The molecule has 0 amide bonds. The van der Waals surface area contributed by atoms with Gasteiger partial charge in [-0.1, -0.05) is 67.9 Å². The third kappa shape index (κ3) is 5.47. The van der Waals surface area contributed by atoms with E-state index in [0.29, 0.717) is 24.8 Å². The van der Waals surface area contributed by atoms with E-state index in [-0.39, 0.29) is 57.8 Å². The van der Waals surface area contributed by atoms with E-state index in [2.05, 4.69) is 67.6 Å². The molecule has 7 heteroatoms. The van der Waals surface area contributed by atoms with Crippen molar-refractivity contribution in [2.24, 2.45) is 56.2 Å². The number of hydrogen-bond donors (Lipinski definition) is 3. The molecule has 0 bridgehead atoms. The van der Waals surface area contributed by atoms with E-state index >= 15 is 0 Å². The molecule has 5 aliphatic carbocycles. The lowest BCUT2D eigenvalue weighted by atomic mass is 9.33. The summed E-state index contributed by atoms with van der Waals surface area (Å²) in [5.74, 6) is 0.190. The molecule has 5 aliphatic rings. The first-order valence-corrected chi connectivity index (χ1v) is 18.7. The van der Waals surface area contributed by atoms with Crippen LogP contribution in [-0.2, 0) is 19.1 Å². The number of aliphatic carboxylic acids is 1. The number of carbonyl (C=O) groups excluding carboxylic acids is 2. The van der Waals surface area contributed by atoms with Crippen molar-refractivity contribution in [3.05, 3.63) is 11.1 Å². The Hall–Kier alpha value is -1.73. The molecule has 266 valence electrons. The van der Waals surface area contributed by atoms with Gasteiger partial charge < -0.3 is 20.3 Å². The summed E-state index contributed by atoms with van der Waals surface area (Å²) in [6, 6.07) is 0.272. The van der Waals surface area contributed by atoms with Crippen molar-refractivity contribution in [2.75, 3.05) is 6.54 Å². The van der Waals surface area contributed by atoms with Gasteiger partial charge in [-0.2, -0.15) is 0 Å². The standard InChI is InChI=1S/C40H65NO6/c1-23(2)32-26(42)20-40(29(43)22-41-24(3)4)19-18-38(10)25(33(32)40)12-13-28-37(9)16-15-30(47-31(44)21-35(5,6)34(45)46)36(7,8)27(37)14-17-39(28,38)11/h23-25,27-30,41,43H,12-22H2,1-11H3,(H,45,46)/t25-,27?,28?,29-,30+,37+,38-,39-,40+/m1/s1. The van der Waals surface area contributed by atoms with Gasteiger partial charge in [-0.05, 0) is 111 Å². The molecule has 7 nitrogen and oxygen atoms in total. The maximum Gasteiger partial charge on any atom is 0.309 e. The second-order valence-electron chi connectivity index (χ2n) is 19.1. The van der Waals surface area contributed by atoms with Crippen molar-refractivity contribution in [1.82, 2.24) is 5.32 Å². The number of carboxylic acids is 1. The summed E-state index contributed by atoms with van der Waals surface area (Å²) in [6.45, 7) is 24.4. The van der Waals surface area contributed by atoms with E-state index in [9.17, 15) is 24.6 Å². The van der Waals surface area contributed by atoms with Gasteiger partial charge in [0, 0.05) is 29.8 Å². The van der Waals surface area contributed by atoms with Crippen LogP contribution < -0.4 is 5.32 Å². The van der Waals surface area contributed by atoms with Gasteiger partial charge in [0.15, 0.2) is 5.78 Å². The number of carboxylic acid groups (broad SMARTS) is 1. The van der Waals surface area contributed by atoms with Crippen molar-refractivity contribution in [2.45, 2.75) is 159 Å². The third-order valence-electron chi connectivity index (χ3n) is 15.2. The number of hydrogen-bond acceptors (Lipinski definition) is 6. The SMILES string of the molecule is CC(C)NC[C@@H](O)[C@@]12CC[C@]3(C)[C@H](CCC4[C@@]5(C)CC[C@H](OC(=O)CC(C)(C)C(=O)O)C(C)(C)C5CC[C@]43C)C1=C(C(C)C)C(=O)C2. The van der Waals surface area contributed by atoms with Crippen molar-refractivity contribution < 1.29 is 29.3 Å². The highest BCUT2D eigenvalue weighted by Gasteiger charge is 2.70. The molecule has 9 atom stereocenters. The largest absolute Gasteiger partial charge is 0.481 e. The Balaban J connectivity index is 1.45. The van der Waals surface area contributed by atoms with E-state index < -0.39 is 28.9 Å². The van der Waals surface area contributed by atoms with Crippen molar-refractivity contribution >= 4 is 17.7 Å². The van der Waals surface area contributed by atoms with Crippen LogP contribution in [0.4, 0.5) is 0 Å². The Labute approximate surface area is 284 Å². The summed E-state index contributed by atoms with van der Waals surface area (Å²) in [5, 5.41) is 24.9. The number of fused-ring (bicyclic) bond motifs is 7. The molecule has 2 unspecified atom stereocenters. The number of nitrogens with one attached hydrogen (secondary N) is 1. The molecule has 3 N–H and O–H groups in total. The molecule has 47 heavy (non-hydrogen) atoms. The minimum atomic E-state index is -1.15. The minimum Gasteiger partial charge on any atom is -0.481 e. The topological polar surface area (TPSA) is 113 Å². The fraction of sp³-hybridized carbons (Fsp3) is 0.875. The van der Waals surface area contributed by atoms with Crippen molar-refractivity contribution in [1.29, 1.82) is 0 Å². The van der Waals surface area contributed by atoms with Gasteiger partial charge in [0.05, 0.1) is 17.9 Å².